The highest BCUT2D eigenvalue weighted by Crippen LogP contribution is 2.26. The van der Waals surface area contributed by atoms with Crippen molar-refractivity contribution in [1.29, 1.82) is 5.26 Å². The number of nitrogens with one attached hydrogen (secondary N) is 1. The molecule has 0 atom stereocenters. The maximum Gasteiger partial charge on any atom is 0.266 e. The van der Waals surface area contributed by atoms with E-state index >= 15 is 0 Å². The van der Waals surface area contributed by atoms with Crippen LogP contribution in [0.5, 0.6) is 0 Å². The van der Waals surface area contributed by atoms with Gasteiger partial charge in [0.1, 0.15) is 29.0 Å². The number of nitriles is 1. The molecule has 1 aromatic heterocycles. The van der Waals surface area contributed by atoms with Crippen molar-refractivity contribution in [2.24, 2.45) is 0 Å². The lowest BCUT2D eigenvalue weighted by Crippen LogP contribution is -2.21. The van der Waals surface area contributed by atoms with Gasteiger partial charge in [0.15, 0.2) is 0 Å². The van der Waals surface area contributed by atoms with Crippen molar-refractivity contribution in [2.45, 2.75) is 0 Å². The molecule has 0 unspecified atom stereocenters. The zero-order valence-corrected chi connectivity index (χ0v) is 16.3. The molecule has 2 amide bonds. The molecule has 0 saturated heterocycles. The van der Waals surface area contributed by atoms with Crippen molar-refractivity contribution in [3.05, 3.63) is 83.4 Å². The third-order valence-electron chi connectivity index (χ3n) is 4.21. The molecular formula is C23H18FN3O3. The first-order chi connectivity index (χ1) is 14.4. The van der Waals surface area contributed by atoms with Gasteiger partial charge in [0, 0.05) is 31.4 Å². The van der Waals surface area contributed by atoms with E-state index in [1.807, 2.05) is 6.07 Å². The van der Waals surface area contributed by atoms with Crippen LogP contribution in [0.3, 0.4) is 0 Å². The molecule has 0 aliphatic carbocycles. The number of carbonyl (C=O) groups is 2. The molecule has 150 valence electrons. The van der Waals surface area contributed by atoms with Gasteiger partial charge in [-0.05, 0) is 48.5 Å². The van der Waals surface area contributed by atoms with Crippen molar-refractivity contribution in [2.75, 3.05) is 19.4 Å². The number of hydrogen-bond donors (Lipinski definition) is 1. The van der Waals surface area contributed by atoms with Crippen LogP contribution in [0.4, 0.5) is 10.1 Å². The molecule has 0 aliphatic heterocycles. The van der Waals surface area contributed by atoms with Crippen molar-refractivity contribution in [3.63, 3.8) is 0 Å². The van der Waals surface area contributed by atoms with Crippen molar-refractivity contribution < 1.29 is 18.4 Å². The van der Waals surface area contributed by atoms with Crippen molar-refractivity contribution in [3.8, 4) is 17.4 Å². The molecule has 3 rings (SSSR count). The summed E-state index contributed by atoms with van der Waals surface area (Å²) in [5, 5.41) is 12.0. The lowest BCUT2D eigenvalue weighted by Gasteiger charge is -2.10. The molecule has 0 aliphatic rings. The van der Waals surface area contributed by atoms with Gasteiger partial charge in [0.05, 0.1) is 5.56 Å². The first-order valence-electron chi connectivity index (χ1n) is 8.98. The van der Waals surface area contributed by atoms with Crippen LogP contribution < -0.4 is 5.32 Å². The lowest BCUT2D eigenvalue weighted by molar-refractivity contribution is -0.112. The van der Waals surface area contributed by atoms with E-state index in [0.29, 0.717) is 11.3 Å². The van der Waals surface area contributed by atoms with Crippen LogP contribution in [-0.2, 0) is 4.79 Å². The van der Waals surface area contributed by atoms with Gasteiger partial charge in [-0.2, -0.15) is 5.26 Å². The Morgan fingerprint density at radius 2 is 1.77 bits per heavy atom. The van der Waals surface area contributed by atoms with Crippen LogP contribution in [0.2, 0.25) is 0 Å². The average molecular weight is 403 g/mol. The smallest absolute Gasteiger partial charge is 0.266 e. The summed E-state index contributed by atoms with van der Waals surface area (Å²) in [6.07, 6.45) is 1.28. The van der Waals surface area contributed by atoms with E-state index in [4.69, 9.17) is 4.42 Å². The monoisotopic (exact) mass is 403 g/mol. The van der Waals surface area contributed by atoms with Gasteiger partial charge in [-0.25, -0.2) is 4.39 Å². The Hall–Kier alpha value is -4.18. The summed E-state index contributed by atoms with van der Waals surface area (Å²) in [5.41, 5.74) is 1.01. The second-order valence-electron chi connectivity index (χ2n) is 6.58. The molecule has 0 fully saturated rings. The number of benzene rings is 2. The molecule has 1 N–H and O–H groups in total. The summed E-state index contributed by atoms with van der Waals surface area (Å²) in [4.78, 5) is 25.8. The van der Waals surface area contributed by atoms with Crippen molar-refractivity contribution >= 4 is 23.6 Å². The minimum Gasteiger partial charge on any atom is -0.457 e. The Kier molecular flexibility index (Phi) is 6.08. The fraction of sp³-hybridized carbons (Fsp3) is 0.0870. The quantitative estimate of drug-likeness (QED) is 0.507. The molecular weight excluding hydrogens is 385 g/mol. The third-order valence-corrected chi connectivity index (χ3v) is 4.21. The average Bonchev–Trinajstić information content (AvgIpc) is 3.20. The molecule has 3 aromatic rings. The highest BCUT2D eigenvalue weighted by atomic mass is 19.1. The van der Waals surface area contributed by atoms with Gasteiger partial charge in [-0.1, -0.05) is 12.1 Å². The van der Waals surface area contributed by atoms with Gasteiger partial charge in [0.25, 0.3) is 11.8 Å². The summed E-state index contributed by atoms with van der Waals surface area (Å²) in [7, 11) is 3.29. The van der Waals surface area contributed by atoms with Gasteiger partial charge in [-0.15, -0.1) is 0 Å². The Morgan fingerprint density at radius 1 is 1.07 bits per heavy atom. The molecule has 7 heteroatoms. The predicted molar refractivity (Wildman–Crippen MR) is 111 cm³/mol. The van der Waals surface area contributed by atoms with Crippen LogP contribution in [0.15, 0.2) is 70.7 Å². The number of carbonyl (C=O) groups excluding carboxylic acids is 2. The number of halogens is 1. The molecule has 30 heavy (non-hydrogen) atoms. The minimum absolute atomic E-state index is 0.158. The third kappa shape index (κ3) is 4.62. The number of nitrogens with zero attached hydrogens (tertiary/aromatic N) is 2. The maximum absolute atomic E-state index is 13.9. The second kappa shape index (κ2) is 8.88. The van der Waals surface area contributed by atoms with E-state index in [1.165, 1.54) is 17.0 Å². The van der Waals surface area contributed by atoms with Crippen LogP contribution in [0.1, 0.15) is 16.1 Å². The van der Waals surface area contributed by atoms with Crippen LogP contribution in [0, 0.1) is 17.1 Å². The fourth-order valence-electron chi connectivity index (χ4n) is 2.68. The number of anilines is 1. The summed E-state index contributed by atoms with van der Waals surface area (Å²) < 4.78 is 19.4. The molecule has 0 radical (unpaired) electrons. The van der Waals surface area contributed by atoms with E-state index in [9.17, 15) is 19.2 Å². The first-order valence-corrected chi connectivity index (χ1v) is 8.98. The molecule has 0 spiro atoms. The fourth-order valence-corrected chi connectivity index (χ4v) is 2.68. The lowest BCUT2D eigenvalue weighted by atomic mass is 10.1. The highest BCUT2D eigenvalue weighted by molar-refractivity contribution is 6.09. The Balaban J connectivity index is 1.75. The van der Waals surface area contributed by atoms with Gasteiger partial charge in [0.2, 0.25) is 0 Å². The predicted octanol–water partition coefficient (Wildman–Crippen LogP) is 4.33. The maximum atomic E-state index is 13.9. The van der Waals surface area contributed by atoms with Crippen molar-refractivity contribution in [1.82, 2.24) is 4.90 Å². The summed E-state index contributed by atoms with van der Waals surface area (Å²) >= 11 is 0. The molecule has 0 bridgehead atoms. The van der Waals surface area contributed by atoms with E-state index < -0.39 is 11.7 Å². The van der Waals surface area contributed by atoms with Crippen LogP contribution >= 0.6 is 0 Å². The summed E-state index contributed by atoms with van der Waals surface area (Å²) in [5.74, 6) is -0.691. The highest BCUT2D eigenvalue weighted by Gasteiger charge is 2.13. The summed E-state index contributed by atoms with van der Waals surface area (Å²) in [6.45, 7) is 0. The van der Waals surface area contributed by atoms with E-state index in [-0.39, 0.29) is 28.6 Å². The van der Waals surface area contributed by atoms with Gasteiger partial charge >= 0.3 is 0 Å². The van der Waals surface area contributed by atoms with E-state index in [2.05, 4.69) is 5.32 Å². The Morgan fingerprint density at radius 3 is 2.40 bits per heavy atom. The zero-order valence-electron chi connectivity index (χ0n) is 16.3. The number of furan rings is 1. The van der Waals surface area contributed by atoms with Crippen LogP contribution in [0.25, 0.3) is 17.4 Å². The molecule has 0 saturated carbocycles. The largest absolute Gasteiger partial charge is 0.457 e. The van der Waals surface area contributed by atoms with Gasteiger partial charge < -0.3 is 14.6 Å². The van der Waals surface area contributed by atoms with E-state index in [0.717, 1.165) is 0 Å². The van der Waals surface area contributed by atoms with Gasteiger partial charge in [-0.3, -0.25) is 9.59 Å². The normalized spacial score (nSPS) is 10.9. The number of amides is 2. The van der Waals surface area contributed by atoms with Crippen LogP contribution in [-0.4, -0.2) is 30.8 Å². The molecule has 1 heterocycles. The topological polar surface area (TPSA) is 86.3 Å². The standard InChI is InChI=1S/C23H18FN3O3/c1-27(2)23(29)15-7-9-17(10-8-15)26-22(28)16(14-25)13-18-11-12-21(30-18)19-5-3-4-6-20(19)24/h3-13H,1-2H3,(H,26,28)/b16-13+. The SMILES string of the molecule is CN(C)C(=O)c1ccc(NC(=O)/C(C#N)=C/c2ccc(-c3ccccc3F)o2)cc1. The Labute approximate surface area is 172 Å². The minimum atomic E-state index is -0.631. The molecule has 2 aromatic carbocycles. The van der Waals surface area contributed by atoms with E-state index in [1.54, 1.807) is 68.7 Å². The first kappa shape index (κ1) is 20.6. The molecule has 6 nitrogen and oxygen atoms in total. The zero-order chi connectivity index (χ0) is 21.7. The number of hydrogen-bond acceptors (Lipinski definition) is 4. The Bertz CT molecular complexity index is 1150. The summed E-state index contributed by atoms with van der Waals surface area (Å²) in [6, 6.07) is 17.4. The number of rotatable bonds is 5. The second-order valence-corrected chi connectivity index (χ2v) is 6.58.